The molecule has 0 unspecified atom stereocenters. The van der Waals surface area contributed by atoms with Crippen LogP contribution in [0, 0.1) is 5.41 Å². The van der Waals surface area contributed by atoms with Crippen LogP contribution in [0.3, 0.4) is 0 Å². The highest BCUT2D eigenvalue weighted by Crippen LogP contribution is 2.43. The summed E-state index contributed by atoms with van der Waals surface area (Å²) in [6.45, 7) is 5.49. The van der Waals surface area contributed by atoms with Gasteiger partial charge in [0.2, 0.25) is 10.0 Å². The van der Waals surface area contributed by atoms with Crippen LogP contribution in [0.25, 0.3) is 0 Å². The number of nitrogens with one attached hydrogen (secondary N) is 2. The second-order valence-corrected chi connectivity index (χ2v) is 7.69. The molecule has 2 rings (SSSR count). The number of hydrogen-bond donors (Lipinski definition) is 2. The molecule has 0 saturated heterocycles. The van der Waals surface area contributed by atoms with Gasteiger partial charge in [-0.25, -0.2) is 13.1 Å². The van der Waals surface area contributed by atoms with E-state index in [1.165, 1.54) is 19.3 Å². The van der Waals surface area contributed by atoms with Crippen LogP contribution in [0.1, 0.15) is 46.0 Å². The number of benzene rings is 1. The first-order valence-corrected chi connectivity index (χ1v) is 9.34. The second-order valence-electron chi connectivity index (χ2n) is 5.95. The van der Waals surface area contributed by atoms with Gasteiger partial charge in [-0.3, -0.25) is 0 Å². The van der Waals surface area contributed by atoms with Gasteiger partial charge in [0.25, 0.3) is 0 Å². The van der Waals surface area contributed by atoms with E-state index >= 15 is 0 Å². The third-order valence-electron chi connectivity index (χ3n) is 4.54. The summed E-state index contributed by atoms with van der Waals surface area (Å²) in [6.07, 6.45) is 5.68. The standard InChI is InChI=1S/C16H26N2O2S/c1-3-12-18-21(19,20)15-9-6-5-8-14(15)17-13-16(4-2)10-7-11-16/h5-6,8-9,17-18H,3-4,7,10-13H2,1-2H3. The van der Waals surface area contributed by atoms with Gasteiger partial charge in [0.15, 0.2) is 0 Å². The molecule has 1 aliphatic carbocycles. The summed E-state index contributed by atoms with van der Waals surface area (Å²) in [7, 11) is -3.43. The maximum absolute atomic E-state index is 12.3. The van der Waals surface area contributed by atoms with E-state index in [0.29, 0.717) is 22.5 Å². The van der Waals surface area contributed by atoms with Crippen molar-refractivity contribution in [2.75, 3.05) is 18.4 Å². The van der Waals surface area contributed by atoms with E-state index in [1.54, 1.807) is 12.1 Å². The predicted molar refractivity (Wildman–Crippen MR) is 87.0 cm³/mol. The number of sulfonamides is 1. The molecule has 1 aromatic carbocycles. The molecule has 1 fully saturated rings. The SMILES string of the molecule is CCCNS(=O)(=O)c1ccccc1NCC1(CC)CCC1. The summed E-state index contributed by atoms with van der Waals surface area (Å²) in [4.78, 5) is 0.351. The zero-order chi connectivity index (χ0) is 15.3. The van der Waals surface area contributed by atoms with Crippen LogP contribution >= 0.6 is 0 Å². The van der Waals surface area contributed by atoms with Crippen molar-refractivity contribution in [3.8, 4) is 0 Å². The molecule has 0 atom stereocenters. The lowest BCUT2D eigenvalue weighted by molar-refractivity contribution is 0.145. The van der Waals surface area contributed by atoms with Crippen molar-refractivity contribution in [2.24, 2.45) is 5.41 Å². The lowest BCUT2D eigenvalue weighted by Gasteiger charge is -2.41. The number of hydrogen-bond acceptors (Lipinski definition) is 3. The molecule has 21 heavy (non-hydrogen) atoms. The minimum absolute atomic E-state index is 0.351. The van der Waals surface area contributed by atoms with Crippen molar-refractivity contribution in [3.05, 3.63) is 24.3 Å². The van der Waals surface area contributed by atoms with E-state index in [9.17, 15) is 8.42 Å². The predicted octanol–water partition coefficient (Wildman–Crippen LogP) is 3.37. The fourth-order valence-electron chi connectivity index (χ4n) is 2.78. The van der Waals surface area contributed by atoms with Gasteiger partial charge in [-0.05, 0) is 43.2 Å². The zero-order valence-corrected chi connectivity index (χ0v) is 13.8. The summed E-state index contributed by atoms with van der Waals surface area (Å²) in [5, 5.41) is 3.37. The van der Waals surface area contributed by atoms with Crippen LogP contribution in [0.2, 0.25) is 0 Å². The first kappa shape index (κ1) is 16.3. The van der Waals surface area contributed by atoms with Crippen molar-refractivity contribution in [1.29, 1.82) is 0 Å². The molecule has 0 amide bonds. The average molecular weight is 310 g/mol. The highest BCUT2D eigenvalue weighted by atomic mass is 32.2. The number of anilines is 1. The van der Waals surface area contributed by atoms with Crippen molar-refractivity contribution in [2.45, 2.75) is 50.8 Å². The van der Waals surface area contributed by atoms with E-state index in [1.807, 2.05) is 19.1 Å². The number of para-hydroxylation sites is 1. The zero-order valence-electron chi connectivity index (χ0n) is 13.0. The Morgan fingerprint density at radius 2 is 1.90 bits per heavy atom. The Balaban J connectivity index is 2.13. The van der Waals surface area contributed by atoms with Gasteiger partial charge in [0.05, 0.1) is 5.69 Å². The van der Waals surface area contributed by atoms with Gasteiger partial charge in [0.1, 0.15) is 4.90 Å². The highest BCUT2D eigenvalue weighted by molar-refractivity contribution is 7.89. The van der Waals surface area contributed by atoms with Crippen LogP contribution in [-0.4, -0.2) is 21.5 Å². The molecule has 1 aliphatic rings. The van der Waals surface area contributed by atoms with Crippen molar-refractivity contribution >= 4 is 15.7 Å². The Bertz CT molecular complexity index is 560. The maximum Gasteiger partial charge on any atom is 0.242 e. The fourth-order valence-corrected chi connectivity index (χ4v) is 4.09. The molecule has 0 bridgehead atoms. The van der Waals surface area contributed by atoms with Crippen LogP contribution in [0.4, 0.5) is 5.69 Å². The Kier molecular flexibility index (Phi) is 5.27. The monoisotopic (exact) mass is 310 g/mol. The van der Waals surface area contributed by atoms with Crippen molar-refractivity contribution in [3.63, 3.8) is 0 Å². The lowest BCUT2D eigenvalue weighted by Crippen LogP contribution is -2.36. The largest absolute Gasteiger partial charge is 0.383 e. The van der Waals surface area contributed by atoms with Gasteiger partial charge >= 0.3 is 0 Å². The molecular weight excluding hydrogens is 284 g/mol. The molecule has 4 nitrogen and oxygen atoms in total. The van der Waals surface area contributed by atoms with Gasteiger partial charge in [0, 0.05) is 13.1 Å². The Morgan fingerprint density at radius 3 is 2.48 bits per heavy atom. The quantitative estimate of drug-likeness (QED) is 0.774. The van der Waals surface area contributed by atoms with Gasteiger partial charge < -0.3 is 5.32 Å². The van der Waals surface area contributed by atoms with Crippen LogP contribution in [-0.2, 0) is 10.0 Å². The minimum atomic E-state index is -3.43. The summed E-state index contributed by atoms with van der Waals surface area (Å²) in [5.41, 5.74) is 1.06. The average Bonchev–Trinajstić information content (AvgIpc) is 2.45. The summed E-state index contributed by atoms with van der Waals surface area (Å²) in [6, 6.07) is 7.16. The molecule has 0 aromatic heterocycles. The van der Waals surface area contributed by atoms with Crippen molar-refractivity contribution in [1.82, 2.24) is 4.72 Å². The smallest absolute Gasteiger partial charge is 0.242 e. The molecule has 0 spiro atoms. The van der Waals surface area contributed by atoms with Crippen LogP contribution in [0.15, 0.2) is 29.2 Å². The molecule has 5 heteroatoms. The number of rotatable bonds is 8. The maximum atomic E-state index is 12.3. The third kappa shape index (κ3) is 3.77. The molecule has 118 valence electrons. The second kappa shape index (κ2) is 6.79. The first-order valence-electron chi connectivity index (χ1n) is 7.85. The summed E-state index contributed by atoms with van der Waals surface area (Å²) < 4.78 is 27.3. The molecule has 0 radical (unpaired) electrons. The molecule has 2 N–H and O–H groups in total. The fraction of sp³-hybridized carbons (Fsp3) is 0.625. The van der Waals surface area contributed by atoms with Gasteiger partial charge in [-0.1, -0.05) is 32.4 Å². The minimum Gasteiger partial charge on any atom is -0.383 e. The van der Waals surface area contributed by atoms with E-state index < -0.39 is 10.0 Å². The Morgan fingerprint density at radius 1 is 1.19 bits per heavy atom. The third-order valence-corrected chi connectivity index (χ3v) is 6.06. The summed E-state index contributed by atoms with van der Waals surface area (Å²) >= 11 is 0. The van der Waals surface area contributed by atoms with E-state index in [4.69, 9.17) is 0 Å². The van der Waals surface area contributed by atoms with Crippen LogP contribution < -0.4 is 10.0 Å². The van der Waals surface area contributed by atoms with Crippen molar-refractivity contribution < 1.29 is 8.42 Å². The van der Waals surface area contributed by atoms with E-state index in [0.717, 1.165) is 19.4 Å². The first-order chi connectivity index (χ1) is 10.0. The normalized spacial score (nSPS) is 17.2. The lowest BCUT2D eigenvalue weighted by atomic mass is 9.67. The Hall–Kier alpha value is -1.07. The van der Waals surface area contributed by atoms with Gasteiger partial charge in [-0.2, -0.15) is 0 Å². The molecule has 1 saturated carbocycles. The Labute approximate surface area is 128 Å². The molecule has 0 aliphatic heterocycles. The molecule has 1 aromatic rings. The molecular formula is C16H26N2O2S. The van der Waals surface area contributed by atoms with E-state index in [2.05, 4.69) is 17.0 Å². The summed E-state index contributed by atoms with van der Waals surface area (Å²) in [5.74, 6) is 0. The molecule has 0 heterocycles. The van der Waals surface area contributed by atoms with Crippen LogP contribution in [0.5, 0.6) is 0 Å². The van der Waals surface area contributed by atoms with E-state index in [-0.39, 0.29) is 0 Å². The highest BCUT2D eigenvalue weighted by Gasteiger charge is 2.35. The topological polar surface area (TPSA) is 58.2 Å². The van der Waals surface area contributed by atoms with Gasteiger partial charge in [-0.15, -0.1) is 0 Å².